The van der Waals surface area contributed by atoms with Gasteiger partial charge in [0.1, 0.15) is 13.1 Å². The fourth-order valence-corrected chi connectivity index (χ4v) is 1.84. The number of carbonyl (C=O) groups is 1. The van der Waals surface area contributed by atoms with Crippen LogP contribution in [0.25, 0.3) is 0 Å². The predicted molar refractivity (Wildman–Crippen MR) is 66.3 cm³/mol. The molecule has 0 fully saturated rings. The maximum Gasteiger partial charge on any atom is 0.417 e. The normalized spacial score (nSPS) is 10.5. The van der Waals surface area contributed by atoms with Gasteiger partial charge in [-0.15, -0.1) is 0 Å². The number of nitriles is 2. The minimum Gasteiger partial charge on any atom is -0.312 e. The molecule has 0 unspecified atom stereocenters. The lowest BCUT2D eigenvalue weighted by Gasteiger charge is -2.19. The second kappa shape index (κ2) is 6.40. The molecule has 0 aromatic heterocycles. The van der Waals surface area contributed by atoms with Crippen molar-refractivity contribution in [3.8, 4) is 12.1 Å². The zero-order chi connectivity index (χ0) is 15.3. The summed E-state index contributed by atoms with van der Waals surface area (Å²) >= 11 is 2.91. The average molecular weight is 346 g/mol. The van der Waals surface area contributed by atoms with Gasteiger partial charge in [0.25, 0.3) is 5.91 Å². The summed E-state index contributed by atoms with van der Waals surface area (Å²) in [5, 5.41) is 17.1. The zero-order valence-electron chi connectivity index (χ0n) is 9.91. The fourth-order valence-electron chi connectivity index (χ4n) is 1.48. The van der Waals surface area contributed by atoms with Gasteiger partial charge in [-0.3, -0.25) is 4.79 Å². The van der Waals surface area contributed by atoms with Crippen molar-refractivity contribution in [2.45, 2.75) is 6.18 Å². The van der Waals surface area contributed by atoms with Gasteiger partial charge in [0, 0.05) is 4.47 Å². The number of alkyl halides is 3. The Morgan fingerprint density at radius 1 is 1.25 bits per heavy atom. The van der Waals surface area contributed by atoms with Crippen molar-refractivity contribution in [1.82, 2.24) is 4.90 Å². The third-order valence-electron chi connectivity index (χ3n) is 2.33. The number of hydrogen-bond donors (Lipinski definition) is 0. The van der Waals surface area contributed by atoms with Crippen LogP contribution in [0.2, 0.25) is 0 Å². The molecular formula is C12H7BrF3N3O. The number of carbonyl (C=O) groups excluding carboxylic acids is 1. The van der Waals surface area contributed by atoms with Gasteiger partial charge in [-0.2, -0.15) is 23.7 Å². The van der Waals surface area contributed by atoms with E-state index in [1.165, 1.54) is 6.07 Å². The molecule has 0 spiro atoms. The lowest BCUT2D eigenvalue weighted by molar-refractivity contribution is -0.138. The summed E-state index contributed by atoms with van der Waals surface area (Å²) < 4.78 is 38.9. The standard InChI is InChI=1S/C12H7BrF3N3O/c13-8-1-2-9(10(7-8)12(14,15)16)11(20)19(5-3-17)6-4-18/h1-2,7H,5-6H2. The molecule has 104 valence electrons. The van der Waals surface area contributed by atoms with E-state index in [0.717, 1.165) is 17.0 Å². The Bertz CT molecular complexity index is 585. The summed E-state index contributed by atoms with van der Waals surface area (Å²) in [6.45, 7) is -0.917. The molecule has 0 saturated carbocycles. The monoisotopic (exact) mass is 345 g/mol. The summed E-state index contributed by atoms with van der Waals surface area (Å²) in [5.74, 6) is -1.01. The van der Waals surface area contributed by atoms with E-state index in [9.17, 15) is 18.0 Å². The van der Waals surface area contributed by atoms with E-state index < -0.39 is 36.3 Å². The first-order chi connectivity index (χ1) is 9.31. The van der Waals surface area contributed by atoms with E-state index in [2.05, 4.69) is 15.9 Å². The Balaban J connectivity index is 3.29. The highest BCUT2D eigenvalue weighted by atomic mass is 79.9. The van der Waals surface area contributed by atoms with Crippen LogP contribution in [0.15, 0.2) is 22.7 Å². The minimum absolute atomic E-state index is 0.175. The molecule has 0 aliphatic rings. The molecule has 20 heavy (non-hydrogen) atoms. The van der Waals surface area contributed by atoms with E-state index in [4.69, 9.17) is 10.5 Å². The van der Waals surface area contributed by atoms with Gasteiger partial charge < -0.3 is 4.90 Å². The Kier molecular flexibility index (Phi) is 5.12. The van der Waals surface area contributed by atoms with Crippen LogP contribution >= 0.6 is 15.9 Å². The largest absolute Gasteiger partial charge is 0.417 e. The Hall–Kier alpha value is -2.06. The lowest BCUT2D eigenvalue weighted by Crippen LogP contribution is -2.33. The van der Waals surface area contributed by atoms with Crippen molar-refractivity contribution in [2.24, 2.45) is 0 Å². The SMILES string of the molecule is N#CCN(CC#N)C(=O)c1ccc(Br)cc1C(F)(F)F. The van der Waals surface area contributed by atoms with Crippen LogP contribution in [0.3, 0.4) is 0 Å². The Morgan fingerprint density at radius 3 is 2.25 bits per heavy atom. The number of amides is 1. The van der Waals surface area contributed by atoms with Crippen molar-refractivity contribution in [2.75, 3.05) is 13.1 Å². The van der Waals surface area contributed by atoms with Crippen LogP contribution in [0.5, 0.6) is 0 Å². The minimum atomic E-state index is -4.71. The third kappa shape index (κ3) is 3.72. The van der Waals surface area contributed by atoms with Crippen molar-refractivity contribution in [3.63, 3.8) is 0 Å². The molecule has 1 amide bonds. The van der Waals surface area contributed by atoms with Gasteiger partial charge in [0.15, 0.2) is 0 Å². The first kappa shape index (κ1) is 16.0. The highest BCUT2D eigenvalue weighted by Gasteiger charge is 2.36. The molecule has 0 aliphatic heterocycles. The zero-order valence-corrected chi connectivity index (χ0v) is 11.5. The van der Waals surface area contributed by atoms with Crippen LogP contribution in [0.1, 0.15) is 15.9 Å². The van der Waals surface area contributed by atoms with Crippen LogP contribution in [-0.4, -0.2) is 23.9 Å². The summed E-state index contributed by atoms with van der Waals surface area (Å²) in [4.78, 5) is 12.8. The molecule has 0 radical (unpaired) electrons. The fraction of sp³-hybridized carbons (Fsp3) is 0.250. The highest BCUT2D eigenvalue weighted by molar-refractivity contribution is 9.10. The summed E-state index contributed by atoms with van der Waals surface area (Å²) in [5.41, 5.74) is -1.70. The van der Waals surface area contributed by atoms with Crippen molar-refractivity contribution >= 4 is 21.8 Å². The van der Waals surface area contributed by atoms with E-state index in [-0.39, 0.29) is 4.47 Å². The van der Waals surface area contributed by atoms with Crippen LogP contribution in [0, 0.1) is 22.7 Å². The quantitative estimate of drug-likeness (QED) is 0.791. The van der Waals surface area contributed by atoms with Gasteiger partial charge in [0.2, 0.25) is 0 Å². The smallest absolute Gasteiger partial charge is 0.312 e. The van der Waals surface area contributed by atoms with Crippen molar-refractivity contribution in [3.05, 3.63) is 33.8 Å². The van der Waals surface area contributed by atoms with Gasteiger partial charge >= 0.3 is 6.18 Å². The van der Waals surface area contributed by atoms with Gasteiger partial charge in [-0.05, 0) is 18.2 Å². The molecule has 0 aliphatic carbocycles. The molecule has 0 N–H and O–H groups in total. The third-order valence-corrected chi connectivity index (χ3v) is 2.82. The summed E-state index contributed by atoms with van der Waals surface area (Å²) in [6.07, 6.45) is -4.71. The van der Waals surface area contributed by atoms with Gasteiger partial charge in [-0.25, -0.2) is 0 Å². The highest BCUT2D eigenvalue weighted by Crippen LogP contribution is 2.34. The molecule has 0 saturated heterocycles. The molecule has 0 bridgehead atoms. The maximum absolute atomic E-state index is 12.9. The molecule has 0 atom stereocenters. The topological polar surface area (TPSA) is 67.9 Å². The first-order valence-corrected chi connectivity index (χ1v) is 6.00. The van der Waals surface area contributed by atoms with E-state index in [1.54, 1.807) is 12.1 Å². The Morgan fingerprint density at radius 2 is 1.80 bits per heavy atom. The van der Waals surface area contributed by atoms with Crippen LogP contribution < -0.4 is 0 Å². The van der Waals surface area contributed by atoms with E-state index >= 15 is 0 Å². The maximum atomic E-state index is 12.9. The van der Waals surface area contributed by atoms with Gasteiger partial charge in [-0.1, -0.05) is 15.9 Å². The number of rotatable bonds is 3. The van der Waals surface area contributed by atoms with Gasteiger partial charge in [0.05, 0.1) is 23.3 Å². The second-order valence-electron chi connectivity index (χ2n) is 3.67. The molecular weight excluding hydrogens is 339 g/mol. The number of hydrogen-bond acceptors (Lipinski definition) is 3. The lowest BCUT2D eigenvalue weighted by atomic mass is 10.1. The summed E-state index contributed by atoms with van der Waals surface area (Å²) in [6, 6.07) is 6.36. The van der Waals surface area contributed by atoms with Crippen LogP contribution in [0.4, 0.5) is 13.2 Å². The van der Waals surface area contributed by atoms with Crippen molar-refractivity contribution in [1.29, 1.82) is 10.5 Å². The molecule has 0 heterocycles. The molecule has 4 nitrogen and oxygen atoms in total. The molecule has 1 aromatic carbocycles. The molecule has 8 heteroatoms. The average Bonchev–Trinajstić information content (AvgIpc) is 2.36. The van der Waals surface area contributed by atoms with Crippen LogP contribution in [-0.2, 0) is 6.18 Å². The first-order valence-electron chi connectivity index (χ1n) is 5.21. The predicted octanol–water partition coefficient (Wildman–Crippen LogP) is 2.96. The number of nitrogens with zero attached hydrogens (tertiary/aromatic N) is 3. The molecule has 1 rings (SSSR count). The summed E-state index contributed by atoms with van der Waals surface area (Å²) in [7, 11) is 0. The van der Waals surface area contributed by atoms with E-state index in [0.29, 0.717) is 0 Å². The van der Waals surface area contributed by atoms with E-state index in [1.807, 2.05) is 0 Å². The number of benzene rings is 1. The van der Waals surface area contributed by atoms with Crippen molar-refractivity contribution < 1.29 is 18.0 Å². The number of halogens is 4. The Labute approximate surface area is 121 Å². The second-order valence-corrected chi connectivity index (χ2v) is 4.58. The molecule has 1 aromatic rings.